The Morgan fingerprint density at radius 3 is 2.76 bits per heavy atom. The van der Waals surface area contributed by atoms with Crippen LogP contribution in [0.5, 0.6) is 0 Å². The van der Waals surface area contributed by atoms with Crippen LogP contribution in [0.4, 0.5) is 5.69 Å². The molecule has 2 rings (SSSR count). The highest BCUT2D eigenvalue weighted by atomic mass is 79.9. The number of hydrogen-bond donors (Lipinski definition) is 0. The monoisotopic (exact) mass is 371 g/mol. The van der Waals surface area contributed by atoms with Crippen LogP contribution in [0.3, 0.4) is 0 Å². The number of nitro groups is 1. The van der Waals surface area contributed by atoms with Crippen molar-refractivity contribution in [3.05, 3.63) is 33.0 Å². The molecule has 0 atom stereocenters. The third-order valence-electron chi connectivity index (χ3n) is 3.09. The van der Waals surface area contributed by atoms with Gasteiger partial charge in [-0.25, -0.2) is 4.98 Å². The molecular weight excluding hydrogens is 354 g/mol. The maximum atomic E-state index is 11.1. The number of halogens is 1. The lowest BCUT2D eigenvalue weighted by molar-refractivity contribution is -0.383. The number of rotatable bonds is 6. The summed E-state index contributed by atoms with van der Waals surface area (Å²) in [4.78, 5) is 14.8. The third-order valence-corrected chi connectivity index (χ3v) is 5.26. The van der Waals surface area contributed by atoms with Gasteiger partial charge in [0.25, 0.3) is 5.69 Å². The summed E-state index contributed by atoms with van der Waals surface area (Å²) in [7, 11) is -1.11. The SMILES string of the molecule is C[Si](C)(C)CCOCn1cnc2c([N+](=O)[O-])cc(Br)cc21. The molecule has 0 saturated carbocycles. The van der Waals surface area contributed by atoms with Crippen molar-refractivity contribution in [2.45, 2.75) is 32.4 Å². The Hall–Kier alpha value is -1.25. The first-order valence-electron chi connectivity index (χ1n) is 6.64. The molecule has 21 heavy (non-hydrogen) atoms. The zero-order chi connectivity index (χ0) is 15.6. The molecule has 0 N–H and O–H groups in total. The van der Waals surface area contributed by atoms with Crippen LogP contribution in [0.25, 0.3) is 11.0 Å². The van der Waals surface area contributed by atoms with Crippen LogP contribution in [0.2, 0.25) is 25.7 Å². The molecule has 0 amide bonds. The van der Waals surface area contributed by atoms with Gasteiger partial charge in [-0.15, -0.1) is 0 Å². The summed E-state index contributed by atoms with van der Waals surface area (Å²) in [5.41, 5.74) is 1.08. The van der Waals surface area contributed by atoms with Gasteiger partial charge >= 0.3 is 0 Å². The summed E-state index contributed by atoms with van der Waals surface area (Å²) < 4.78 is 8.12. The largest absolute Gasteiger partial charge is 0.361 e. The van der Waals surface area contributed by atoms with Gasteiger partial charge in [0.1, 0.15) is 6.73 Å². The van der Waals surface area contributed by atoms with Crippen LogP contribution >= 0.6 is 15.9 Å². The van der Waals surface area contributed by atoms with E-state index in [2.05, 4.69) is 40.6 Å². The highest BCUT2D eigenvalue weighted by Gasteiger charge is 2.18. The fraction of sp³-hybridized carbons (Fsp3) is 0.462. The second-order valence-electron chi connectivity index (χ2n) is 6.11. The molecule has 114 valence electrons. The molecule has 1 aromatic carbocycles. The lowest BCUT2D eigenvalue weighted by atomic mass is 10.3. The molecule has 0 bridgehead atoms. The van der Waals surface area contributed by atoms with E-state index in [0.717, 1.165) is 6.04 Å². The van der Waals surface area contributed by atoms with Gasteiger partial charge in [0.15, 0.2) is 5.52 Å². The van der Waals surface area contributed by atoms with Crippen LogP contribution in [0, 0.1) is 10.1 Å². The Bertz CT molecular complexity index is 666. The zero-order valence-corrected chi connectivity index (χ0v) is 14.9. The van der Waals surface area contributed by atoms with Crippen molar-refractivity contribution in [1.82, 2.24) is 9.55 Å². The van der Waals surface area contributed by atoms with E-state index in [1.165, 1.54) is 6.07 Å². The third kappa shape index (κ3) is 4.11. The second kappa shape index (κ2) is 6.25. The van der Waals surface area contributed by atoms with Gasteiger partial charge in [-0.05, 0) is 12.1 Å². The fourth-order valence-electron chi connectivity index (χ4n) is 1.89. The standard InChI is InChI=1S/C13H18BrN3O3Si/c1-21(2,3)5-4-20-9-16-8-15-13-11(16)6-10(14)7-12(13)17(18)19/h6-8H,4-5,9H2,1-3H3. The lowest BCUT2D eigenvalue weighted by Gasteiger charge is -2.15. The molecule has 2 aromatic rings. The molecule has 1 aromatic heterocycles. The van der Waals surface area contributed by atoms with E-state index in [1.807, 2.05) is 6.07 Å². The minimum absolute atomic E-state index is 0.000207. The van der Waals surface area contributed by atoms with Crippen molar-refractivity contribution in [1.29, 1.82) is 0 Å². The van der Waals surface area contributed by atoms with Crippen LogP contribution in [0.15, 0.2) is 22.9 Å². The second-order valence-corrected chi connectivity index (χ2v) is 12.6. The summed E-state index contributed by atoms with van der Waals surface area (Å²) >= 11 is 3.30. The van der Waals surface area contributed by atoms with Crippen LogP contribution in [-0.2, 0) is 11.5 Å². The molecule has 6 nitrogen and oxygen atoms in total. The van der Waals surface area contributed by atoms with E-state index in [0.29, 0.717) is 28.8 Å². The summed E-state index contributed by atoms with van der Waals surface area (Å²) in [6.07, 6.45) is 1.58. The number of ether oxygens (including phenoxy) is 1. The summed E-state index contributed by atoms with van der Waals surface area (Å²) in [6.45, 7) is 7.94. The quantitative estimate of drug-likeness (QED) is 0.332. The van der Waals surface area contributed by atoms with Gasteiger partial charge in [0, 0.05) is 25.2 Å². The number of fused-ring (bicyclic) bond motifs is 1. The molecule has 0 aliphatic rings. The molecule has 0 radical (unpaired) electrons. The predicted molar refractivity (Wildman–Crippen MR) is 88.2 cm³/mol. The molecule has 0 fully saturated rings. The van der Waals surface area contributed by atoms with E-state index < -0.39 is 13.0 Å². The van der Waals surface area contributed by atoms with Crippen molar-refractivity contribution in [2.24, 2.45) is 0 Å². The van der Waals surface area contributed by atoms with E-state index in [4.69, 9.17) is 4.74 Å². The van der Waals surface area contributed by atoms with E-state index in [1.54, 1.807) is 10.9 Å². The van der Waals surface area contributed by atoms with Crippen LogP contribution < -0.4 is 0 Å². The Balaban J connectivity index is 2.16. The van der Waals surface area contributed by atoms with E-state index in [-0.39, 0.29) is 5.69 Å². The highest BCUT2D eigenvalue weighted by molar-refractivity contribution is 9.10. The zero-order valence-electron chi connectivity index (χ0n) is 12.3. The first-order valence-corrected chi connectivity index (χ1v) is 11.1. The van der Waals surface area contributed by atoms with Crippen molar-refractivity contribution >= 4 is 40.7 Å². The van der Waals surface area contributed by atoms with Crippen molar-refractivity contribution in [3.8, 4) is 0 Å². The fourth-order valence-corrected chi connectivity index (χ4v) is 3.09. The molecule has 0 unspecified atom stereocenters. The first kappa shape index (κ1) is 16.1. The minimum Gasteiger partial charge on any atom is -0.361 e. The first-order chi connectivity index (χ1) is 9.78. The number of nitro benzene ring substituents is 1. The number of benzene rings is 1. The summed E-state index contributed by atoms with van der Waals surface area (Å²) in [6, 6.07) is 4.37. The molecule has 8 heteroatoms. The van der Waals surface area contributed by atoms with Crippen LogP contribution in [-0.4, -0.2) is 29.2 Å². The number of aromatic nitrogens is 2. The van der Waals surface area contributed by atoms with E-state index in [9.17, 15) is 10.1 Å². The van der Waals surface area contributed by atoms with Gasteiger partial charge in [0.05, 0.1) is 16.8 Å². The summed E-state index contributed by atoms with van der Waals surface area (Å²) in [5, 5.41) is 11.1. The molecule has 0 saturated heterocycles. The molecule has 0 spiro atoms. The number of nitrogens with zero attached hydrogens (tertiary/aromatic N) is 3. The Labute approximate surface area is 132 Å². The van der Waals surface area contributed by atoms with Crippen molar-refractivity contribution in [2.75, 3.05) is 6.61 Å². The number of non-ortho nitro benzene ring substituents is 1. The highest BCUT2D eigenvalue weighted by Crippen LogP contribution is 2.28. The van der Waals surface area contributed by atoms with Crippen LogP contribution in [0.1, 0.15) is 0 Å². The van der Waals surface area contributed by atoms with Crippen molar-refractivity contribution < 1.29 is 9.66 Å². The average Bonchev–Trinajstić information content (AvgIpc) is 2.75. The van der Waals surface area contributed by atoms with Crippen molar-refractivity contribution in [3.63, 3.8) is 0 Å². The van der Waals surface area contributed by atoms with Gasteiger partial charge in [-0.2, -0.15) is 0 Å². The van der Waals surface area contributed by atoms with Gasteiger partial charge in [0.2, 0.25) is 0 Å². The summed E-state index contributed by atoms with van der Waals surface area (Å²) in [5.74, 6) is 0. The predicted octanol–water partition coefficient (Wildman–Crippen LogP) is 4.02. The lowest BCUT2D eigenvalue weighted by Crippen LogP contribution is -2.21. The Morgan fingerprint density at radius 2 is 2.14 bits per heavy atom. The van der Waals surface area contributed by atoms with E-state index >= 15 is 0 Å². The van der Waals surface area contributed by atoms with Gasteiger partial charge < -0.3 is 9.30 Å². The van der Waals surface area contributed by atoms with Gasteiger partial charge in [-0.1, -0.05) is 35.6 Å². The Morgan fingerprint density at radius 1 is 1.43 bits per heavy atom. The smallest absolute Gasteiger partial charge is 0.298 e. The number of hydrogen-bond acceptors (Lipinski definition) is 4. The molecule has 1 heterocycles. The maximum absolute atomic E-state index is 11.1. The number of imidazole rings is 1. The van der Waals surface area contributed by atoms with Gasteiger partial charge in [-0.3, -0.25) is 10.1 Å². The minimum atomic E-state index is -1.11. The topological polar surface area (TPSA) is 70.2 Å². The Kier molecular flexibility index (Phi) is 4.80. The molecule has 0 aliphatic heterocycles. The normalized spacial score (nSPS) is 12.0. The maximum Gasteiger partial charge on any atom is 0.298 e. The molecular formula is C13H18BrN3O3Si. The average molecular weight is 372 g/mol. The molecule has 0 aliphatic carbocycles.